The number of ether oxygens (including phenoxy) is 3. The first-order chi connectivity index (χ1) is 14.0. The molecule has 0 amide bonds. The summed E-state index contributed by atoms with van der Waals surface area (Å²) in [7, 11) is 2.82. The van der Waals surface area contributed by atoms with Crippen LogP contribution in [0.3, 0.4) is 0 Å². The van der Waals surface area contributed by atoms with Gasteiger partial charge in [-0.2, -0.15) is 0 Å². The Labute approximate surface area is 174 Å². The van der Waals surface area contributed by atoms with Gasteiger partial charge in [0.2, 0.25) is 5.88 Å². The fourth-order valence-electron chi connectivity index (χ4n) is 2.94. The van der Waals surface area contributed by atoms with Gasteiger partial charge >= 0.3 is 5.97 Å². The lowest BCUT2D eigenvalue weighted by Crippen LogP contribution is -2.10. The number of aromatic nitrogens is 2. The summed E-state index contributed by atoms with van der Waals surface area (Å²) in [6.45, 7) is 2.15. The van der Waals surface area contributed by atoms with Crippen molar-refractivity contribution in [3.8, 4) is 11.6 Å². The third kappa shape index (κ3) is 4.78. The average Bonchev–Trinajstić information content (AvgIpc) is 3.20. The van der Waals surface area contributed by atoms with Gasteiger partial charge in [0.25, 0.3) is 0 Å². The molecular formula is C22H21ClN2O4. The predicted octanol–water partition coefficient (Wildman–Crippen LogP) is 4.57. The van der Waals surface area contributed by atoms with Crippen LogP contribution < -0.4 is 4.74 Å². The first kappa shape index (κ1) is 20.5. The van der Waals surface area contributed by atoms with Crippen LogP contribution in [-0.2, 0) is 20.9 Å². The van der Waals surface area contributed by atoms with E-state index in [1.165, 1.54) is 20.5 Å². The third-order valence-corrected chi connectivity index (χ3v) is 4.55. The largest absolute Gasteiger partial charge is 0.503 e. The molecule has 0 radical (unpaired) electrons. The molecule has 1 heterocycles. The fourth-order valence-corrected chi connectivity index (χ4v) is 3.07. The first-order valence-electron chi connectivity index (χ1n) is 8.88. The number of esters is 1. The molecule has 0 atom stereocenters. The smallest absolute Gasteiger partial charge is 0.341 e. The highest BCUT2D eigenvalue weighted by Crippen LogP contribution is 2.26. The molecule has 0 bridgehead atoms. The molecule has 0 saturated carbocycles. The van der Waals surface area contributed by atoms with Crippen molar-refractivity contribution in [3.63, 3.8) is 0 Å². The lowest BCUT2D eigenvalue weighted by atomic mass is 9.96. The van der Waals surface area contributed by atoms with Gasteiger partial charge in [0, 0.05) is 22.8 Å². The van der Waals surface area contributed by atoms with E-state index in [9.17, 15) is 4.79 Å². The summed E-state index contributed by atoms with van der Waals surface area (Å²) in [5, 5.41) is 5.09. The fraction of sp³-hybridized carbons (Fsp3) is 0.182. The number of rotatable bonds is 7. The van der Waals surface area contributed by atoms with Crippen LogP contribution in [0.5, 0.6) is 5.88 Å². The van der Waals surface area contributed by atoms with Crippen molar-refractivity contribution in [2.75, 3.05) is 14.2 Å². The van der Waals surface area contributed by atoms with E-state index in [-0.39, 0.29) is 6.61 Å². The van der Waals surface area contributed by atoms with Crippen molar-refractivity contribution < 1.29 is 19.0 Å². The number of hydrogen-bond acceptors (Lipinski definition) is 5. The average molecular weight is 413 g/mol. The van der Waals surface area contributed by atoms with Gasteiger partial charge < -0.3 is 14.2 Å². The van der Waals surface area contributed by atoms with Crippen LogP contribution in [0.2, 0.25) is 5.02 Å². The van der Waals surface area contributed by atoms with Gasteiger partial charge in [-0.05, 0) is 42.3 Å². The Morgan fingerprint density at radius 1 is 1.14 bits per heavy atom. The zero-order valence-corrected chi connectivity index (χ0v) is 17.1. The maximum absolute atomic E-state index is 12.2. The molecule has 7 heteroatoms. The summed E-state index contributed by atoms with van der Waals surface area (Å²) in [5.74, 6) is -0.0165. The molecule has 3 rings (SSSR count). The molecule has 3 aromatic rings. The third-order valence-electron chi connectivity index (χ3n) is 4.30. The lowest BCUT2D eigenvalue weighted by Gasteiger charge is -2.14. The Morgan fingerprint density at radius 2 is 1.90 bits per heavy atom. The lowest BCUT2D eigenvalue weighted by molar-refractivity contribution is -0.133. The second kappa shape index (κ2) is 9.30. The number of benzene rings is 2. The number of carbonyl (C=O) groups is 1. The molecule has 2 aromatic carbocycles. The molecule has 0 N–H and O–H groups in total. The van der Waals surface area contributed by atoms with Crippen LogP contribution in [-0.4, -0.2) is 30.0 Å². The van der Waals surface area contributed by atoms with Gasteiger partial charge in [-0.3, -0.25) is 0 Å². The number of nitrogens with zero attached hydrogens (tertiary/aromatic N) is 2. The summed E-state index contributed by atoms with van der Waals surface area (Å²) in [6, 6.07) is 14.8. The Hall–Kier alpha value is -3.25. The predicted molar refractivity (Wildman–Crippen MR) is 111 cm³/mol. The second-order valence-electron chi connectivity index (χ2n) is 6.23. The summed E-state index contributed by atoms with van der Waals surface area (Å²) in [6.07, 6.45) is 3.19. The molecule has 0 aliphatic heterocycles. The highest BCUT2D eigenvalue weighted by molar-refractivity contribution is 6.30. The standard InChI is InChI=1S/C22H21ClN2O4/c1-15-5-4-6-16(21(15)19(14-27-2)22(26)28-3)13-29-20-11-12-25(24-20)18-9-7-17(23)8-10-18/h4-12,14H,13H2,1-3H3/b19-14+. The minimum atomic E-state index is -0.477. The van der Waals surface area contributed by atoms with Crippen molar-refractivity contribution >= 4 is 23.1 Å². The van der Waals surface area contributed by atoms with E-state index >= 15 is 0 Å². The topological polar surface area (TPSA) is 62.6 Å². The van der Waals surface area contributed by atoms with E-state index < -0.39 is 5.97 Å². The van der Waals surface area contributed by atoms with Crippen molar-refractivity contribution in [3.05, 3.63) is 82.7 Å². The summed E-state index contributed by atoms with van der Waals surface area (Å²) >= 11 is 5.93. The van der Waals surface area contributed by atoms with Crippen LogP contribution >= 0.6 is 11.6 Å². The molecule has 0 fully saturated rings. The van der Waals surface area contributed by atoms with Crippen LogP contribution in [0, 0.1) is 6.92 Å². The zero-order valence-electron chi connectivity index (χ0n) is 16.4. The Bertz CT molecular complexity index is 1030. The van der Waals surface area contributed by atoms with Gasteiger partial charge in [0.1, 0.15) is 12.2 Å². The Kier molecular flexibility index (Phi) is 6.57. The maximum Gasteiger partial charge on any atom is 0.341 e. The van der Waals surface area contributed by atoms with Crippen LogP contribution in [0.25, 0.3) is 11.3 Å². The van der Waals surface area contributed by atoms with E-state index in [0.29, 0.717) is 16.5 Å². The van der Waals surface area contributed by atoms with Gasteiger partial charge in [-0.1, -0.05) is 29.8 Å². The summed E-state index contributed by atoms with van der Waals surface area (Å²) in [5.41, 5.74) is 3.65. The second-order valence-corrected chi connectivity index (χ2v) is 6.67. The van der Waals surface area contributed by atoms with Gasteiger partial charge in [0.05, 0.1) is 26.2 Å². The number of carbonyl (C=O) groups excluding carboxylic acids is 1. The molecule has 0 aliphatic carbocycles. The quantitative estimate of drug-likeness (QED) is 0.323. The molecule has 0 aliphatic rings. The monoisotopic (exact) mass is 412 g/mol. The molecule has 0 unspecified atom stereocenters. The number of aryl methyl sites for hydroxylation is 1. The molecule has 0 saturated heterocycles. The van der Waals surface area contributed by atoms with Gasteiger partial charge in [-0.25, -0.2) is 9.48 Å². The Morgan fingerprint density at radius 3 is 2.59 bits per heavy atom. The molecule has 29 heavy (non-hydrogen) atoms. The van der Waals surface area contributed by atoms with E-state index in [1.54, 1.807) is 29.1 Å². The van der Waals surface area contributed by atoms with Crippen LogP contribution in [0.1, 0.15) is 16.7 Å². The number of halogens is 1. The molecule has 0 spiro atoms. The number of methoxy groups -OCH3 is 2. The molecule has 1 aromatic heterocycles. The van der Waals surface area contributed by atoms with Crippen molar-refractivity contribution in [1.82, 2.24) is 9.78 Å². The zero-order chi connectivity index (χ0) is 20.8. The van der Waals surface area contributed by atoms with E-state index in [2.05, 4.69) is 5.10 Å². The van der Waals surface area contributed by atoms with E-state index in [4.69, 9.17) is 25.8 Å². The van der Waals surface area contributed by atoms with Gasteiger partial charge in [-0.15, -0.1) is 5.10 Å². The SMILES string of the molecule is CO/C=C(/C(=O)OC)c1c(C)cccc1COc1ccn(-c2ccc(Cl)cc2)n1. The van der Waals surface area contributed by atoms with E-state index in [0.717, 1.165) is 22.4 Å². The highest BCUT2D eigenvalue weighted by Gasteiger charge is 2.19. The van der Waals surface area contributed by atoms with Crippen LogP contribution in [0.15, 0.2) is 61.0 Å². The number of hydrogen-bond donors (Lipinski definition) is 0. The van der Waals surface area contributed by atoms with Crippen molar-refractivity contribution in [1.29, 1.82) is 0 Å². The van der Waals surface area contributed by atoms with Crippen LogP contribution in [0.4, 0.5) is 0 Å². The summed E-state index contributed by atoms with van der Waals surface area (Å²) < 4.78 is 17.6. The molecule has 150 valence electrons. The van der Waals surface area contributed by atoms with E-state index in [1.807, 2.05) is 37.3 Å². The first-order valence-corrected chi connectivity index (χ1v) is 9.26. The minimum absolute atomic E-state index is 0.229. The maximum atomic E-state index is 12.2. The van der Waals surface area contributed by atoms with Crippen molar-refractivity contribution in [2.45, 2.75) is 13.5 Å². The normalized spacial score (nSPS) is 11.2. The molecule has 6 nitrogen and oxygen atoms in total. The van der Waals surface area contributed by atoms with Crippen molar-refractivity contribution in [2.24, 2.45) is 0 Å². The Balaban J connectivity index is 1.83. The minimum Gasteiger partial charge on any atom is -0.503 e. The molecular weight excluding hydrogens is 392 g/mol. The summed E-state index contributed by atoms with van der Waals surface area (Å²) in [4.78, 5) is 12.2. The van der Waals surface area contributed by atoms with Gasteiger partial charge in [0.15, 0.2) is 0 Å². The highest BCUT2D eigenvalue weighted by atomic mass is 35.5.